The van der Waals surface area contributed by atoms with Crippen LogP contribution in [0.3, 0.4) is 0 Å². The van der Waals surface area contributed by atoms with E-state index >= 15 is 0 Å². The number of anilines is 1. The average Bonchev–Trinajstić information content (AvgIpc) is 3.30. The van der Waals surface area contributed by atoms with Crippen LogP contribution in [0.15, 0.2) is 35.5 Å². The summed E-state index contributed by atoms with van der Waals surface area (Å²) in [6, 6.07) is 4.97. The topological polar surface area (TPSA) is 102 Å². The van der Waals surface area contributed by atoms with Crippen molar-refractivity contribution in [3.05, 3.63) is 46.3 Å². The summed E-state index contributed by atoms with van der Waals surface area (Å²) in [6.07, 6.45) is -2.26. The van der Waals surface area contributed by atoms with Gasteiger partial charge in [0, 0.05) is 66.5 Å². The van der Waals surface area contributed by atoms with Gasteiger partial charge in [-0.3, -0.25) is 9.59 Å². The van der Waals surface area contributed by atoms with Crippen molar-refractivity contribution >= 4 is 40.0 Å². The fourth-order valence-corrected chi connectivity index (χ4v) is 5.96. The number of allylic oxidation sites excluding steroid dienone is 1. The Hall–Kier alpha value is -3.09. The van der Waals surface area contributed by atoms with Crippen molar-refractivity contribution in [2.75, 3.05) is 38.0 Å². The summed E-state index contributed by atoms with van der Waals surface area (Å²) in [5.74, 6) is -0.393. The molecule has 3 aliphatic rings. The molecule has 0 aliphatic carbocycles. The SMILES string of the molecule is CC(=O)N1C[C@@H](NC(=O)C2=C(C)N(C3CCNCC3)NC2)C[C@@H](Nc2cc(C(F)(F)F)nc3ccc(Cl)cc23)C1. The maximum Gasteiger partial charge on any atom is 0.433 e. The van der Waals surface area contributed by atoms with E-state index in [2.05, 4.69) is 31.4 Å². The van der Waals surface area contributed by atoms with E-state index in [0.717, 1.165) is 37.7 Å². The van der Waals surface area contributed by atoms with Gasteiger partial charge in [-0.15, -0.1) is 0 Å². The van der Waals surface area contributed by atoms with Crippen molar-refractivity contribution in [3.8, 4) is 0 Å². The molecule has 40 heavy (non-hydrogen) atoms. The normalized spacial score (nSPS) is 22.6. The number of halogens is 4. The Morgan fingerprint density at radius 2 is 1.85 bits per heavy atom. The predicted octanol–water partition coefficient (Wildman–Crippen LogP) is 3.27. The zero-order chi connectivity index (χ0) is 28.6. The zero-order valence-electron chi connectivity index (χ0n) is 22.4. The van der Waals surface area contributed by atoms with Crippen molar-refractivity contribution in [3.63, 3.8) is 0 Å². The highest BCUT2D eigenvalue weighted by atomic mass is 35.5. The van der Waals surface area contributed by atoms with E-state index in [1.807, 2.05) is 6.92 Å². The van der Waals surface area contributed by atoms with Gasteiger partial charge in [0.05, 0.1) is 11.1 Å². The molecule has 0 saturated carbocycles. The van der Waals surface area contributed by atoms with Crippen molar-refractivity contribution < 1.29 is 22.8 Å². The first kappa shape index (κ1) is 28.4. The summed E-state index contributed by atoms with van der Waals surface area (Å²) in [4.78, 5) is 31.1. The third-order valence-electron chi connectivity index (χ3n) is 7.82. The highest BCUT2D eigenvalue weighted by Crippen LogP contribution is 2.35. The number of fused-ring (bicyclic) bond motifs is 1. The third kappa shape index (κ3) is 6.13. The molecule has 4 heterocycles. The fraction of sp³-hybridized carbons (Fsp3) is 0.519. The van der Waals surface area contributed by atoms with E-state index in [4.69, 9.17) is 11.6 Å². The number of likely N-dealkylation sites (tertiary alicyclic amines) is 1. The van der Waals surface area contributed by atoms with Crippen molar-refractivity contribution in [2.45, 2.75) is 57.4 Å². The molecule has 2 aromatic rings. The van der Waals surface area contributed by atoms with E-state index in [9.17, 15) is 22.8 Å². The lowest BCUT2D eigenvalue weighted by molar-refractivity contribution is -0.141. The Balaban J connectivity index is 1.35. The minimum atomic E-state index is -4.64. The number of carbonyl (C=O) groups is 2. The summed E-state index contributed by atoms with van der Waals surface area (Å²) in [7, 11) is 0. The lowest BCUT2D eigenvalue weighted by atomic mass is 9.99. The van der Waals surface area contributed by atoms with Crippen LogP contribution in [-0.4, -0.2) is 77.6 Å². The number of nitrogens with zero attached hydrogens (tertiary/aromatic N) is 3. The van der Waals surface area contributed by atoms with Gasteiger partial charge in [-0.25, -0.2) is 10.4 Å². The molecule has 0 spiro atoms. The molecule has 9 nitrogen and oxygen atoms in total. The molecule has 2 fully saturated rings. The molecule has 4 N–H and O–H groups in total. The number of aromatic nitrogens is 1. The average molecular weight is 580 g/mol. The molecule has 2 amide bonds. The number of hydrogen-bond donors (Lipinski definition) is 4. The van der Waals surface area contributed by atoms with Gasteiger partial charge < -0.3 is 25.9 Å². The number of pyridine rings is 1. The highest BCUT2D eigenvalue weighted by Gasteiger charge is 2.36. The highest BCUT2D eigenvalue weighted by molar-refractivity contribution is 6.31. The fourth-order valence-electron chi connectivity index (χ4n) is 5.79. The summed E-state index contributed by atoms with van der Waals surface area (Å²) < 4.78 is 40.9. The second kappa shape index (κ2) is 11.4. The minimum Gasteiger partial charge on any atom is -0.380 e. The Morgan fingerprint density at radius 1 is 1.12 bits per heavy atom. The van der Waals surface area contributed by atoms with E-state index in [-0.39, 0.29) is 29.6 Å². The molecule has 0 unspecified atom stereocenters. The van der Waals surface area contributed by atoms with Crippen LogP contribution in [0.2, 0.25) is 5.02 Å². The van der Waals surface area contributed by atoms with Gasteiger partial charge in [0.25, 0.3) is 5.91 Å². The van der Waals surface area contributed by atoms with Crippen LogP contribution < -0.4 is 21.4 Å². The molecular weight excluding hydrogens is 547 g/mol. The smallest absolute Gasteiger partial charge is 0.380 e. The molecule has 0 radical (unpaired) electrons. The summed E-state index contributed by atoms with van der Waals surface area (Å²) >= 11 is 6.15. The van der Waals surface area contributed by atoms with Gasteiger partial charge in [0.2, 0.25) is 5.91 Å². The van der Waals surface area contributed by atoms with Gasteiger partial charge in [0.15, 0.2) is 0 Å². The summed E-state index contributed by atoms with van der Waals surface area (Å²) in [6.45, 7) is 6.23. The monoisotopic (exact) mass is 579 g/mol. The number of benzene rings is 1. The van der Waals surface area contributed by atoms with Gasteiger partial charge in [-0.1, -0.05) is 11.6 Å². The number of amides is 2. The van der Waals surface area contributed by atoms with Crippen LogP contribution in [-0.2, 0) is 15.8 Å². The van der Waals surface area contributed by atoms with Gasteiger partial charge >= 0.3 is 6.18 Å². The quantitative estimate of drug-likeness (QED) is 0.431. The molecule has 1 aromatic carbocycles. The van der Waals surface area contributed by atoms with Crippen molar-refractivity contribution in [1.29, 1.82) is 0 Å². The summed E-state index contributed by atoms with van der Waals surface area (Å²) in [5, 5.41) is 12.5. The van der Waals surface area contributed by atoms with Crippen LogP contribution in [0.4, 0.5) is 18.9 Å². The first-order chi connectivity index (χ1) is 19.0. The molecule has 216 valence electrons. The standard InChI is InChI=1S/C27H33ClF3N7O2/c1-15-22(12-33-38(15)20-5-7-32-8-6-20)26(40)35-19-10-18(13-37(14-19)16(2)39)34-24-11-25(27(29,30)31)36-23-4-3-17(28)9-21(23)24/h3-4,9,11,18-20,32-33H,5-8,10,12-14H2,1-2H3,(H,34,36)(H,35,40)/t18-,19+/m1/s1. The Bertz CT molecular complexity index is 1330. The first-order valence-corrected chi connectivity index (χ1v) is 13.8. The molecular formula is C27H33ClF3N7O2. The number of carbonyl (C=O) groups excluding carboxylic acids is 2. The molecule has 1 aromatic heterocycles. The second-order valence-electron chi connectivity index (χ2n) is 10.6. The van der Waals surface area contributed by atoms with E-state index in [1.165, 1.54) is 19.1 Å². The Labute approximate surface area is 235 Å². The molecule has 0 bridgehead atoms. The zero-order valence-corrected chi connectivity index (χ0v) is 23.1. The Kier molecular flexibility index (Phi) is 8.12. The van der Waals surface area contributed by atoms with Gasteiger partial charge in [-0.05, 0) is 63.5 Å². The van der Waals surface area contributed by atoms with Crippen molar-refractivity contribution in [2.24, 2.45) is 0 Å². The van der Waals surface area contributed by atoms with Crippen LogP contribution in [0.1, 0.15) is 38.8 Å². The largest absolute Gasteiger partial charge is 0.433 e. The molecule has 2 saturated heterocycles. The second-order valence-corrected chi connectivity index (χ2v) is 11.1. The third-order valence-corrected chi connectivity index (χ3v) is 8.06. The number of alkyl halides is 3. The minimum absolute atomic E-state index is 0.153. The van der Waals surface area contributed by atoms with Crippen molar-refractivity contribution in [1.82, 2.24) is 31.0 Å². The number of hydrogen-bond acceptors (Lipinski definition) is 7. The van der Waals surface area contributed by atoms with Gasteiger partial charge in [-0.2, -0.15) is 13.2 Å². The number of hydrazine groups is 1. The lowest BCUT2D eigenvalue weighted by Gasteiger charge is -2.38. The van der Waals surface area contributed by atoms with Crippen LogP contribution >= 0.6 is 11.6 Å². The molecule has 2 atom stereocenters. The van der Waals surface area contributed by atoms with E-state index in [1.54, 1.807) is 11.0 Å². The van der Waals surface area contributed by atoms with E-state index in [0.29, 0.717) is 41.5 Å². The molecule has 3 aliphatic heterocycles. The Morgan fingerprint density at radius 3 is 2.55 bits per heavy atom. The summed E-state index contributed by atoms with van der Waals surface area (Å²) in [5.41, 5.74) is 4.22. The van der Waals surface area contributed by atoms with Crippen LogP contribution in [0, 0.1) is 0 Å². The van der Waals surface area contributed by atoms with Crippen LogP contribution in [0.25, 0.3) is 10.9 Å². The first-order valence-electron chi connectivity index (χ1n) is 13.4. The number of rotatable bonds is 5. The molecule has 5 rings (SSSR count). The number of piperidine rings is 2. The maximum absolute atomic E-state index is 13.6. The van der Waals surface area contributed by atoms with Gasteiger partial charge in [0.1, 0.15) is 5.69 Å². The van der Waals surface area contributed by atoms with E-state index < -0.39 is 24.0 Å². The maximum atomic E-state index is 13.6. The molecule has 13 heteroatoms. The van der Waals surface area contributed by atoms with Crippen LogP contribution in [0.5, 0.6) is 0 Å². The lowest BCUT2D eigenvalue weighted by Crippen LogP contribution is -2.55. The number of nitrogens with one attached hydrogen (secondary N) is 4. The predicted molar refractivity (Wildman–Crippen MR) is 146 cm³/mol.